The van der Waals surface area contributed by atoms with Crippen LogP contribution in [0.1, 0.15) is 5.56 Å². The average molecular weight is 381 g/mol. The molecule has 0 atom stereocenters. The van der Waals surface area contributed by atoms with E-state index in [-0.39, 0.29) is 5.91 Å². The van der Waals surface area contributed by atoms with Crippen LogP contribution in [-0.2, 0) is 18.4 Å². The van der Waals surface area contributed by atoms with Crippen LogP contribution in [0.5, 0.6) is 0 Å². The lowest BCUT2D eigenvalue weighted by molar-refractivity contribution is -0.121. The van der Waals surface area contributed by atoms with Gasteiger partial charge in [0.25, 0.3) is 0 Å². The Hall–Kier alpha value is -2.63. The van der Waals surface area contributed by atoms with Gasteiger partial charge in [0, 0.05) is 54.7 Å². The number of para-hydroxylation sites is 1. The van der Waals surface area contributed by atoms with Crippen LogP contribution < -0.4 is 4.90 Å². The standard InChI is InChI=1S/C21H21ClN4O/c1-24-13-17(21(23-24)16-6-5-7-18(22)12-16)14-25-10-11-26(20(27)15-25)19-8-3-2-4-9-19/h2-9,12-13H,10-11,14-15H2,1H3. The number of carbonyl (C=O) groups excluding carboxylic acids is 1. The number of aryl methyl sites for hydroxylation is 1. The van der Waals surface area contributed by atoms with Crippen molar-refractivity contribution in [3.63, 3.8) is 0 Å². The number of amides is 1. The molecule has 0 saturated carbocycles. The summed E-state index contributed by atoms with van der Waals surface area (Å²) in [5, 5.41) is 5.30. The van der Waals surface area contributed by atoms with Gasteiger partial charge in [0.2, 0.25) is 5.91 Å². The number of piperazine rings is 1. The molecule has 1 aliphatic heterocycles. The number of carbonyl (C=O) groups is 1. The average Bonchev–Trinajstić information content (AvgIpc) is 3.03. The highest BCUT2D eigenvalue weighted by Gasteiger charge is 2.26. The Balaban J connectivity index is 1.50. The van der Waals surface area contributed by atoms with Crippen LogP contribution in [0, 0.1) is 0 Å². The van der Waals surface area contributed by atoms with E-state index in [2.05, 4.69) is 10.00 Å². The van der Waals surface area contributed by atoms with Gasteiger partial charge in [-0.3, -0.25) is 14.4 Å². The van der Waals surface area contributed by atoms with E-state index in [4.69, 9.17) is 11.6 Å². The fourth-order valence-electron chi connectivity index (χ4n) is 3.51. The zero-order valence-corrected chi connectivity index (χ0v) is 15.9. The Morgan fingerprint density at radius 1 is 1.07 bits per heavy atom. The molecule has 0 spiro atoms. The minimum atomic E-state index is 0.126. The van der Waals surface area contributed by atoms with E-state index in [9.17, 15) is 4.79 Å². The monoisotopic (exact) mass is 380 g/mol. The van der Waals surface area contributed by atoms with E-state index in [0.29, 0.717) is 24.7 Å². The second-order valence-electron chi connectivity index (χ2n) is 6.78. The molecule has 0 bridgehead atoms. The quantitative estimate of drug-likeness (QED) is 0.694. The van der Waals surface area contributed by atoms with Gasteiger partial charge in [0.1, 0.15) is 0 Å². The summed E-state index contributed by atoms with van der Waals surface area (Å²) in [6.07, 6.45) is 2.02. The molecule has 2 heterocycles. The molecule has 1 aliphatic rings. The van der Waals surface area contributed by atoms with Crippen molar-refractivity contribution in [1.82, 2.24) is 14.7 Å². The van der Waals surface area contributed by atoms with Crippen molar-refractivity contribution in [2.75, 3.05) is 24.5 Å². The number of halogens is 1. The summed E-state index contributed by atoms with van der Waals surface area (Å²) in [6.45, 7) is 2.60. The lowest BCUT2D eigenvalue weighted by Gasteiger charge is -2.34. The smallest absolute Gasteiger partial charge is 0.241 e. The van der Waals surface area contributed by atoms with Gasteiger partial charge in [0.05, 0.1) is 12.2 Å². The summed E-state index contributed by atoms with van der Waals surface area (Å²) < 4.78 is 1.81. The summed E-state index contributed by atoms with van der Waals surface area (Å²) in [7, 11) is 1.91. The summed E-state index contributed by atoms with van der Waals surface area (Å²) in [5.74, 6) is 0.126. The number of hydrogen-bond donors (Lipinski definition) is 0. The van der Waals surface area contributed by atoms with Crippen LogP contribution in [0.15, 0.2) is 60.8 Å². The zero-order chi connectivity index (χ0) is 18.8. The molecule has 0 unspecified atom stereocenters. The lowest BCUT2D eigenvalue weighted by Crippen LogP contribution is -2.50. The maximum absolute atomic E-state index is 12.6. The van der Waals surface area contributed by atoms with Crippen LogP contribution in [-0.4, -0.2) is 40.2 Å². The molecule has 3 aromatic rings. The third-order valence-corrected chi connectivity index (χ3v) is 5.00. The highest BCUT2D eigenvalue weighted by Crippen LogP contribution is 2.26. The molecule has 138 valence electrons. The highest BCUT2D eigenvalue weighted by atomic mass is 35.5. The molecular weight excluding hydrogens is 360 g/mol. The first-order valence-electron chi connectivity index (χ1n) is 8.96. The summed E-state index contributed by atoms with van der Waals surface area (Å²) in [5.41, 5.74) is 3.97. The van der Waals surface area contributed by atoms with Gasteiger partial charge in [-0.05, 0) is 24.3 Å². The van der Waals surface area contributed by atoms with Crippen LogP contribution >= 0.6 is 11.6 Å². The van der Waals surface area contributed by atoms with Crippen molar-refractivity contribution in [1.29, 1.82) is 0 Å². The first-order valence-corrected chi connectivity index (χ1v) is 9.34. The largest absolute Gasteiger partial charge is 0.310 e. The van der Waals surface area contributed by atoms with Gasteiger partial charge in [-0.2, -0.15) is 5.10 Å². The Bertz CT molecular complexity index is 954. The van der Waals surface area contributed by atoms with Crippen molar-refractivity contribution in [3.05, 3.63) is 71.4 Å². The van der Waals surface area contributed by atoms with Crippen LogP contribution in [0.25, 0.3) is 11.3 Å². The Morgan fingerprint density at radius 2 is 1.89 bits per heavy atom. The lowest BCUT2D eigenvalue weighted by atomic mass is 10.1. The van der Waals surface area contributed by atoms with Crippen molar-refractivity contribution < 1.29 is 4.79 Å². The van der Waals surface area contributed by atoms with Gasteiger partial charge >= 0.3 is 0 Å². The number of hydrogen-bond acceptors (Lipinski definition) is 3. The number of nitrogens with zero attached hydrogens (tertiary/aromatic N) is 4. The minimum Gasteiger partial charge on any atom is -0.310 e. The molecule has 1 saturated heterocycles. The molecule has 27 heavy (non-hydrogen) atoms. The number of benzene rings is 2. The Kier molecular flexibility index (Phi) is 4.97. The molecule has 2 aromatic carbocycles. The maximum Gasteiger partial charge on any atom is 0.241 e. The molecule has 1 fully saturated rings. The number of rotatable bonds is 4. The van der Waals surface area contributed by atoms with Gasteiger partial charge in [-0.15, -0.1) is 0 Å². The second kappa shape index (κ2) is 7.55. The molecule has 4 rings (SSSR count). The van der Waals surface area contributed by atoms with E-state index < -0.39 is 0 Å². The van der Waals surface area contributed by atoms with E-state index >= 15 is 0 Å². The normalized spacial score (nSPS) is 15.3. The second-order valence-corrected chi connectivity index (χ2v) is 7.21. The third-order valence-electron chi connectivity index (χ3n) is 4.76. The van der Waals surface area contributed by atoms with E-state index in [1.54, 1.807) is 0 Å². The Morgan fingerprint density at radius 3 is 2.63 bits per heavy atom. The van der Waals surface area contributed by atoms with Gasteiger partial charge < -0.3 is 4.90 Å². The van der Waals surface area contributed by atoms with E-state index in [1.165, 1.54) is 0 Å². The molecule has 1 amide bonds. The fraction of sp³-hybridized carbons (Fsp3) is 0.238. The maximum atomic E-state index is 12.6. The topological polar surface area (TPSA) is 41.4 Å². The predicted octanol–water partition coefficient (Wildman–Crippen LogP) is 3.59. The molecular formula is C21H21ClN4O. The van der Waals surface area contributed by atoms with Crippen LogP contribution in [0.4, 0.5) is 5.69 Å². The summed E-state index contributed by atoms with van der Waals surface area (Å²) in [4.78, 5) is 16.7. The van der Waals surface area contributed by atoms with E-state index in [1.807, 2.05) is 77.4 Å². The highest BCUT2D eigenvalue weighted by molar-refractivity contribution is 6.30. The molecule has 0 radical (unpaired) electrons. The van der Waals surface area contributed by atoms with Gasteiger partial charge in [-0.25, -0.2) is 0 Å². The van der Waals surface area contributed by atoms with E-state index in [0.717, 1.165) is 29.1 Å². The van der Waals surface area contributed by atoms with Crippen molar-refractivity contribution in [2.45, 2.75) is 6.54 Å². The molecule has 6 heteroatoms. The SMILES string of the molecule is Cn1cc(CN2CCN(c3ccccc3)C(=O)C2)c(-c2cccc(Cl)c2)n1. The van der Waals surface area contributed by atoms with Crippen molar-refractivity contribution >= 4 is 23.2 Å². The first kappa shape index (κ1) is 17.8. The van der Waals surface area contributed by atoms with Crippen LogP contribution in [0.3, 0.4) is 0 Å². The van der Waals surface area contributed by atoms with Crippen LogP contribution in [0.2, 0.25) is 5.02 Å². The van der Waals surface area contributed by atoms with Gasteiger partial charge in [-0.1, -0.05) is 41.9 Å². The summed E-state index contributed by atoms with van der Waals surface area (Å²) in [6, 6.07) is 17.6. The molecule has 0 aliphatic carbocycles. The van der Waals surface area contributed by atoms with Crippen molar-refractivity contribution in [3.8, 4) is 11.3 Å². The predicted molar refractivity (Wildman–Crippen MR) is 108 cm³/mol. The summed E-state index contributed by atoms with van der Waals surface area (Å²) >= 11 is 6.14. The third kappa shape index (κ3) is 3.89. The zero-order valence-electron chi connectivity index (χ0n) is 15.2. The molecule has 0 N–H and O–H groups in total. The Labute approximate surface area is 163 Å². The minimum absolute atomic E-state index is 0.126. The number of aromatic nitrogens is 2. The number of anilines is 1. The van der Waals surface area contributed by atoms with Crippen molar-refractivity contribution in [2.24, 2.45) is 7.05 Å². The molecule has 1 aromatic heterocycles. The molecule has 5 nitrogen and oxygen atoms in total. The fourth-order valence-corrected chi connectivity index (χ4v) is 3.70. The van der Waals surface area contributed by atoms with Gasteiger partial charge in [0.15, 0.2) is 0 Å². The first-order chi connectivity index (χ1) is 13.1.